The summed E-state index contributed by atoms with van der Waals surface area (Å²) >= 11 is 0. The van der Waals surface area contributed by atoms with Crippen LogP contribution in [0.4, 0.5) is 8.78 Å². The predicted molar refractivity (Wildman–Crippen MR) is 44.0 cm³/mol. The minimum absolute atomic E-state index is 0.348. The molecular weight excluding hydrogens is 160 g/mol. The molecule has 0 unspecified atom stereocenters. The van der Waals surface area contributed by atoms with Crippen molar-refractivity contribution in [1.82, 2.24) is 5.32 Å². The van der Waals surface area contributed by atoms with E-state index in [2.05, 4.69) is 5.32 Å². The summed E-state index contributed by atoms with van der Waals surface area (Å²) in [6, 6.07) is 4.42. The summed E-state index contributed by atoms with van der Waals surface area (Å²) in [6.45, 7) is -0.144. The molecule has 3 heteroatoms. The van der Waals surface area contributed by atoms with Gasteiger partial charge in [-0.2, -0.15) is 0 Å². The predicted octanol–water partition coefficient (Wildman–Crippen LogP) is 2.01. The van der Waals surface area contributed by atoms with Gasteiger partial charge >= 0.3 is 0 Å². The highest BCUT2D eigenvalue weighted by molar-refractivity contribution is 5.23. The highest BCUT2D eigenvalue weighted by Gasteiger charge is 2.01. The lowest BCUT2D eigenvalue weighted by atomic mass is 10.1. The van der Waals surface area contributed by atoms with Gasteiger partial charge in [-0.25, -0.2) is 8.78 Å². The molecule has 0 heterocycles. The van der Waals surface area contributed by atoms with Crippen molar-refractivity contribution in [3.63, 3.8) is 0 Å². The van der Waals surface area contributed by atoms with Crippen LogP contribution in [0.2, 0.25) is 0 Å². The van der Waals surface area contributed by atoms with Crippen molar-refractivity contribution in [3.05, 3.63) is 35.1 Å². The van der Waals surface area contributed by atoms with Crippen LogP contribution in [0.3, 0.4) is 0 Å². The fourth-order valence-corrected chi connectivity index (χ4v) is 1.01. The first-order valence-corrected chi connectivity index (χ1v) is 3.75. The Kier molecular flexibility index (Phi) is 3.17. The topological polar surface area (TPSA) is 12.0 Å². The number of hydrogen-bond acceptors (Lipinski definition) is 1. The smallest absolute Gasteiger partial charge is 0.128 e. The second kappa shape index (κ2) is 4.16. The number of benzene rings is 1. The van der Waals surface area contributed by atoms with Crippen molar-refractivity contribution in [2.24, 2.45) is 0 Å². The SMILES string of the molecule is CNCc1ccc(CF)cc1F. The molecule has 1 nitrogen and oxygen atoms in total. The summed E-state index contributed by atoms with van der Waals surface area (Å²) in [4.78, 5) is 0. The minimum Gasteiger partial charge on any atom is -0.316 e. The van der Waals surface area contributed by atoms with E-state index in [4.69, 9.17) is 0 Å². The van der Waals surface area contributed by atoms with Gasteiger partial charge < -0.3 is 5.32 Å². The molecule has 0 atom stereocenters. The minimum atomic E-state index is -0.614. The van der Waals surface area contributed by atoms with Gasteiger partial charge in [-0.15, -0.1) is 0 Å². The average Bonchev–Trinajstić information content (AvgIpc) is 2.09. The summed E-state index contributed by atoms with van der Waals surface area (Å²) in [5.74, 6) is -0.348. The molecule has 0 spiro atoms. The van der Waals surface area contributed by atoms with Crippen LogP contribution < -0.4 is 5.32 Å². The second-order valence-corrected chi connectivity index (χ2v) is 2.59. The third-order valence-electron chi connectivity index (χ3n) is 1.64. The Hall–Kier alpha value is -0.960. The van der Waals surface area contributed by atoms with Gasteiger partial charge in [-0.1, -0.05) is 12.1 Å². The third kappa shape index (κ3) is 2.01. The molecule has 0 bridgehead atoms. The van der Waals surface area contributed by atoms with Crippen LogP contribution in [0.1, 0.15) is 11.1 Å². The molecule has 12 heavy (non-hydrogen) atoms. The Morgan fingerprint density at radius 2 is 2.17 bits per heavy atom. The largest absolute Gasteiger partial charge is 0.316 e. The highest BCUT2D eigenvalue weighted by atomic mass is 19.1. The zero-order valence-electron chi connectivity index (χ0n) is 6.90. The van der Waals surface area contributed by atoms with Crippen LogP contribution in [0, 0.1) is 5.82 Å². The maximum Gasteiger partial charge on any atom is 0.128 e. The van der Waals surface area contributed by atoms with Crippen molar-refractivity contribution >= 4 is 0 Å². The zero-order chi connectivity index (χ0) is 8.97. The number of nitrogens with one attached hydrogen (secondary N) is 1. The number of halogens is 2. The molecular formula is C9H11F2N. The fraction of sp³-hybridized carbons (Fsp3) is 0.333. The van der Waals surface area contributed by atoms with Crippen molar-refractivity contribution in [3.8, 4) is 0 Å². The van der Waals surface area contributed by atoms with E-state index in [0.29, 0.717) is 17.7 Å². The van der Waals surface area contributed by atoms with E-state index in [-0.39, 0.29) is 5.82 Å². The van der Waals surface area contributed by atoms with E-state index in [1.165, 1.54) is 6.07 Å². The highest BCUT2D eigenvalue weighted by Crippen LogP contribution is 2.10. The van der Waals surface area contributed by atoms with Crippen molar-refractivity contribution < 1.29 is 8.78 Å². The van der Waals surface area contributed by atoms with E-state index < -0.39 is 6.67 Å². The lowest BCUT2D eigenvalue weighted by Gasteiger charge is -2.02. The van der Waals surface area contributed by atoms with Gasteiger partial charge in [0.05, 0.1) is 0 Å². The summed E-state index contributed by atoms with van der Waals surface area (Å²) in [5.41, 5.74) is 0.946. The fourth-order valence-electron chi connectivity index (χ4n) is 1.01. The summed E-state index contributed by atoms with van der Waals surface area (Å²) in [7, 11) is 1.74. The third-order valence-corrected chi connectivity index (χ3v) is 1.64. The maximum atomic E-state index is 13.0. The monoisotopic (exact) mass is 171 g/mol. The lowest BCUT2D eigenvalue weighted by molar-refractivity contribution is 0.481. The van der Waals surface area contributed by atoms with Gasteiger partial charge in [0, 0.05) is 12.1 Å². The Bertz CT molecular complexity index is 261. The molecule has 0 aromatic heterocycles. The Morgan fingerprint density at radius 1 is 1.42 bits per heavy atom. The van der Waals surface area contributed by atoms with Crippen molar-refractivity contribution in [1.29, 1.82) is 0 Å². The van der Waals surface area contributed by atoms with Crippen LogP contribution in [0.25, 0.3) is 0 Å². The Balaban J connectivity index is 2.87. The summed E-state index contributed by atoms with van der Waals surface area (Å²) in [5, 5.41) is 2.83. The zero-order valence-corrected chi connectivity index (χ0v) is 6.90. The van der Waals surface area contributed by atoms with Crippen LogP contribution in [-0.4, -0.2) is 7.05 Å². The van der Waals surface area contributed by atoms with Gasteiger partial charge in [0.2, 0.25) is 0 Å². The van der Waals surface area contributed by atoms with Crippen LogP contribution in [-0.2, 0) is 13.2 Å². The molecule has 0 aliphatic rings. The van der Waals surface area contributed by atoms with Gasteiger partial charge in [0.15, 0.2) is 0 Å². The molecule has 0 amide bonds. The maximum absolute atomic E-state index is 13.0. The second-order valence-electron chi connectivity index (χ2n) is 2.59. The van der Waals surface area contributed by atoms with Crippen LogP contribution in [0.5, 0.6) is 0 Å². The van der Waals surface area contributed by atoms with Gasteiger partial charge in [-0.3, -0.25) is 0 Å². The normalized spacial score (nSPS) is 10.2. The Morgan fingerprint density at radius 3 is 2.67 bits per heavy atom. The standard InChI is InChI=1S/C9H11F2N/c1-12-6-8-3-2-7(5-10)4-9(8)11/h2-4,12H,5-6H2,1H3. The molecule has 1 N–H and O–H groups in total. The number of rotatable bonds is 3. The molecule has 0 radical (unpaired) electrons. The molecule has 0 saturated carbocycles. The lowest BCUT2D eigenvalue weighted by Crippen LogP contribution is -2.07. The number of hydrogen-bond donors (Lipinski definition) is 1. The molecule has 1 aromatic carbocycles. The van der Waals surface area contributed by atoms with E-state index in [1.807, 2.05) is 0 Å². The van der Waals surface area contributed by atoms with Gasteiger partial charge in [0.25, 0.3) is 0 Å². The van der Waals surface area contributed by atoms with Gasteiger partial charge in [0.1, 0.15) is 12.5 Å². The van der Waals surface area contributed by atoms with E-state index >= 15 is 0 Å². The molecule has 0 saturated heterocycles. The molecule has 1 aromatic rings. The summed E-state index contributed by atoms with van der Waals surface area (Å²) in [6.07, 6.45) is 0. The quantitative estimate of drug-likeness (QED) is 0.733. The van der Waals surface area contributed by atoms with E-state index in [0.717, 1.165) is 0 Å². The Labute approximate surface area is 70.4 Å². The van der Waals surface area contributed by atoms with Gasteiger partial charge in [-0.05, 0) is 18.7 Å². The van der Waals surface area contributed by atoms with E-state index in [1.54, 1.807) is 19.2 Å². The van der Waals surface area contributed by atoms with Crippen LogP contribution in [0.15, 0.2) is 18.2 Å². The number of alkyl halides is 1. The summed E-state index contributed by atoms with van der Waals surface area (Å²) < 4.78 is 25.1. The first-order chi connectivity index (χ1) is 5.77. The molecule has 1 rings (SSSR count). The molecule has 66 valence electrons. The van der Waals surface area contributed by atoms with Crippen molar-refractivity contribution in [2.75, 3.05) is 7.05 Å². The van der Waals surface area contributed by atoms with Crippen molar-refractivity contribution in [2.45, 2.75) is 13.2 Å². The van der Waals surface area contributed by atoms with Crippen LogP contribution >= 0.6 is 0 Å². The average molecular weight is 171 g/mol. The van der Waals surface area contributed by atoms with E-state index in [9.17, 15) is 8.78 Å². The molecule has 0 fully saturated rings. The first kappa shape index (κ1) is 9.13. The molecule has 0 aliphatic heterocycles. The molecule has 0 aliphatic carbocycles. The first-order valence-electron chi connectivity index (χ1n) is 3.75.